The van der Waals surface area contributed by atoms with Crippen LogP contribution < -0.4 is 5.32 Å². The summed E-state index contributed by atoms with van der Waals surface area (Å²) in [5.41, 5.74) is 2.26. The highest BCUT2D eigenvalue weighted by Gasteiger charge is 2.26. The Morgan fingerprint density at radius 1 is 1.00 bits per heavy atom. The van der Waals surface area contributed by atoms with Gasteiger partial charge in [0.1, 0.15) is 18.2 Å². The predicted molar refractivity (Wildman–Crippen MR) is 104 cm³/mol. The van der Waals surface area contributed by atoms with E-state index in [-0.39, 0.29) is 6.61 Å². The number of esters is 1. The Balaban J connectivity index is 2.07. The summed E-state index contributed by atoms with van der Waals surface area (Å²) in [5.74, 6) is -0.494. The zero-order valence-corrected chi connectivity index (χ0v) is 16.3. The van der Waals surface area contributed by atoms with Crippen LogP contribution in [0.15, 0.2) is 54.6 Å². The average molecular weight is 369 g/mol. The number of rotatable bonds is 6. The Labute approximate surface area is 160 Å². The quantitative estimate of drug-likeness (QED) is 0.776. The Morgan fingerprint density at radius 2 is 1.67 bits per heavy atom. The molecule has 1 N–H and O–H groups in total. The molecule has 5 heteroatoms. The fraction of sp³-hybridized carbons (Fsp3) is 0.364. The topological polar surface area (TPSA) is 64.6 Å². The summed E-state index contributed by atoms with van der Waals surface area (Å²) in [6, 6.07) is 16.4. The Bertz CT molecular complexity index is 765. The number of benzene rings is 2. The van der Waals surface area contributed by atoms with Crippen LogP contribution in [0.4, 0.5) is 4.79 Å². The summed E-state index contributed by atoms with van der Waals surface area (Å²) >= 11 is 0. The minimum absolute atomic E-state index is 0.153. The number of hydrogen-bond donors (Lipinski definition) is 1. The highest BCUT2D eigenvalue weighted by Crippen LogP contribution is 2.11. The van der Waals surface area contributed by atoms with Crippen LogP contribution in [-0.2, 0) is 27.3 Å². The van der Waals surface area contributed by atoms with Crippen LogP contribution in [0, 0.1) is 6.92 Å². The van der Waals surface area contributed by atoms with Crippen molar-refractivity contribution in [2.45, 2.75) is 52.4 Å². The molecule has 0 saturated carbocycles. The lowest BCUT2D eigenvalue weighted by Gasteiger charge is -2.23. The SMILES string of the molecule is Cc1cccc(CC(NC(=O)OC(C)(C)C)C(=O)OCc2ccccc2)c1. The third-order valence-electron chi connectivity index (χ3n) is 3.72. The van der Waals surface area contributed by atoms with E-state index < -0.39 is 23.7 Å². The van der Waals surface area contributed by atoms with Crippen molar-refractivity contribution < 1.29 is 19.1 Å². The fourth-order valence-electron chi connectivity index (χ4n) is 2.55. The molecule has 5 nitrogen and oxygen atoms in total. The van der Waals surface area contributed by atoms with E-state index in [0.29, 0.717) is 6.42 Å². The first-order chi connectivity index (χ1) is 12.7. The number of carbonyl (C=O) groups is 2. The molecule has 0 aliphatic carbocycles. The maximum absolute atomic E-state index is 12.6. The molecule has 0 aliphatic rings. The van der Waals surface area contributed by atoms with Gasteiger partial charge in [0.2, 0.25) is 0 Å². The molecule has 0 radical (unpaired) electrons. The van der Waals surface area contributed by atoms with Gasteiger partial charge in [-0.2, -0.15) is 0 Å². The van der Waals surface area contributed by atoms with Gasteiger partial charge in [-0.15, -0.1) is 0 Å². The van der Waals surface area contributed by atoms with E-state index in [4.69, 9.17) is 9.47 Å². The van der Waals surface area contributed by atoms with Crippen molar-refractivity contribution in [3.63, 3.8) is 0 Å². The molecule has 144 valence electrons. The van der Waals surface area contributed by atoms with Gasteiger partial charge in [-0.3, -0.25) is 0 Å². The first-order valence-electron chi connectivity index (χ1n) is 8.98. The summed E-state index contributed by atoms with van der Waals surface area (Å²) in [6.45, 7) is 7.45. The number of nitrogens with one attached hydrogen (secondary N) is 1. The lowest BCUT2D eigenvalue weighted by Crippen LogP contribution is -2.45. The zero-order chi connectivity index (χ0) is 19.9. The van der Waals surface area contributed by atoms with Gasteiger partial charge >= 0.3 is 12.1 Å². The van der Waals surface area contributed by atoms with E-state index in [9.17, 15) is 9.59 Å². The number of aryl methyl sites for hydroxylation is 1. The Kier molecular flexibility index (Phi) is 6.99. The maximum Gasteiger partial charge on any atom is 0.408 e. The highest BCUT2D eigenvalue weighted by molar-refractivity contribution is 5.81. The lowest BCUT2D eigenvalue weighted by molar-refractivity contribution is -0.147. The average Bonchev–Trinajstić information content (AvgIpc) is 2.58. The summed E-state index contributed by atoms with van der Waals surface area (Å²) in [5, 5.41) is 2.64. The van der Waals surface area contributed by atoms with Gasteiger partial charge in [-0.1, -0.05) is 60.2 Å². The summed E-state index contributed by atoms with van der Waals surface area (Å²) < 4.78 is 10.7. The Hall–Kier alpha value is -2.82. The van der Waals surface area contributed by atoms with E-state index >= 15 is 0 Å². The van der Waals surface area contributed by atoms with Gasteiger partial charge in [-0.25, -0.2) is 9.59 Å². The van der Waals surface area contributed by atoms with Crippen LogP contribution in [0.25, 0.3) is 0 Å². The van der Waals surface area contributed by atoms with Crippen LogP contribution in [0.3, 0.4) is 0 Å². The number of alkyl carbamates (subject to hydrolysis) is 1. The molecular formula is C22H27NO4. The predicted octanol–water partition coefficient (Wildman–Crippen LogP) is 4.17. The number of ether oxygens (including phenoxy) is 2. The second kappa shape index (κ2) is 9.21. The number of hydrogen-bond acceptors (Lipinski definition) is 4. The molecule has 1 atom stereocenters. The molecule has 0 aromatic heterocycles. The first-order valence-corrected chi connectivity index (χ1v) is 8.98. The molecule has 1 amide bonds. The summed E-state index contributed by atoms with van der Waals surface area (Å²) in [4.78, 5) is 24.8. The molecule has 2 aromatic rings. The van der Waals surface area contributed by atoms with E-state index in [1.165, 1.54) is 0 Å². The van der Waals surface area contributed by atoms with Crippen molar-refractivity contribution in [2.75, 3.05) is 0 Å². The molecular weight excluding hydrogens is 342 g/mol. The van der Waals surface area contributed by atoms with Crippen molar-refractivity contribution in [1.82, 2.24) is 5.32 Å². The van der Waals surface area contributed by atoms with Crippen molar-refractivity contribution in [1.29, 1.82) is 0 Å². The van der Waals surface area contributed by atoms with E-state index in [0.717, 1.165) is 16.7 Å². The molecule has 0 saturated heterocycles. The third kappa shape index (κ3) is 7.52. The standard InChI is InChI=1S/C22H27NO4/c1-16-9-8-12-18(13-16)14-19(23-21(25)27-22(2,3)4)20(24)26-15-17-10-6-5-7-11-17/h5-13,19H,14-15H2,1-4H3,(H,23,25). The fourth-order valence-corrected chi connectivity index (χ4v) is 2.55. The van der Waals surface area contributed by atoms with Crippen LogP contribution >= 0.6 is 0 Å². The molecule has 1 unspecified atom stereocenters. The van der Waals surface area contributed by atoms with Crippen molar-refractivity contribution >= 4 is 12.1 Å². The summed E-state index contributed by atoms with van der Waals surface area (Å²) in [7, 11) is 0. The van der Waals surface area contributed by atoms with Gasteiger partial charge in [0.25, 0.3) is 0 Å². The normalized spacial score (nSPS) is 12.1. The van der Waals surface area contributed by atoms with Crippen LogP contribution in [0.1, 0.15) is 37.5 Å². The maximum atomic E-state index is 12.6. The minimum Gasteiger partial charge on any atom is -0.459 e. The van der Waals surface area contributed by atoms with Gasteiger partial charge in [0.15, 0.2) is 0 Å². The van der Waals surface area contributed by atoms with Crippen molar-refractivity contribution in [2.24, 2.45) is 0 Å². The van der Waals surface area contributed by atoms with Crippen molar-refractivity contribution in [3.8, 4) is 0 Å². The van der Waals surface area contributed by atoms with Crippen LogP contribution in [0.2, 0.25) is 0 Å². The third-order valence-corrected chi connectivity index (χ3v) is 3.72. The molecule has 27 heavy (non-hydrogen) atoms. The van der Waals surface area contributed by atoms with Crippen molar-refractivity contribution in [3.05, 3.63) is 71.3 Å². The van der Waals surface area contributed by atoms with Gasteiger partial charge in [-0.05, 0) is 38.8 Å². The second-order valence-corrected chi connectivity index (χ2v) is 7.49. The molecule has 0 bridgehead atoms. The summed E-state index contributed by atoms with van der Waals surface area (Å²) in [6.07, 6.45) is -0.314. The van der Waals surface area contributed by atoms with Crippen LogP contribution in [-0.4, -0.2) is 23.7 Å². The molecule has 0 fully saturated rings. The zero-order valence-electron chi connectivity index (χ0n) is 16.3. The van der Waals surface area contributed by atoms with E-state index in [1.54, 1.807) is 20.8 Å². The number of carbonyl (C=O) groups excluding carboxylic acids is 2. The largest absolute Gasteiger partial charge is 0.459 e. The van der Waals surface area contributed by atoms with Gasteiger partial charge in [0, 0.05) is 6.42 Å². The monoisotopic (exact) mass is 369 g/mol. The molecule has 0 heterocycles. The van der Waals surface area contributed by atoms with Gasteiger partial charge < -0.3 is 14.8 Å². The first kappa shape index (κ1) is 20.5. The second-order valence-electron chi connectivity index (χ2n) is 7.49. The molecule has 0 spiro atoms. The van der Waals surface area contributed by atoms with Gasteiger partial charge in [0.05, 0.1) is 0 Å². The lowest BCUT2D eigenvalue weighted by atomic mass is 10.0. The number of amides is 1. The smallest absolute Gasteiger partial charge is 0.408 e. The molecule has 2 aromatic carbocycles. The minimum atomic E-state index is -0.828. The molecule has 2 rings (SSSR count). The highest BCUT2D eigenvalue weighted by atomic mass is 16.6. The van der Waals surface area contributed by atoms with E-state index in [1.807, 2.05) is 61.5 Å². The molecule has 0 aliphatic heterocycles. The van der Waals surface area contributed by atoms with E-state index in [2.05, 4.69) is 5.32 Å². The Morgan fingerprint density at radius 3 is 2.30 bits per heavy atom. The van der Waals surface area contributed by atoms with Crippen LogP contribution in [0.5, 0.6) is 0 Å².